The van der Waals surface area contributed by atoms with E-state index in [9.17, 15) is 9.18 Å². The summed E-state index contributed by atoms with van der Waals surface area (Å²) >= 11 is 3.11. The minimum absolute atomic E-state index is 0.127. The Hall–Kier alpha value is -2.45. The summed E-state index contributed by atoms with van der Waals surface area (Å²) in [6.07, 6.45) is 2.20. The third kappa shape index (κ3) is 5.33. The van der Waals surface area contributed by atoms with Crippen molar-refractivity contribution in [3.63, 3.8) is 0 Å². The van der Waals surface area contributed by atoms with E-state index < -0.39 is 0 Å². The average Bonchev–Trinajstić information content (AvgIpc) is 3.44. The first-order chi connectivity index (χ1) is 14.2. The molecule has 0 aliphatic carbocycles. The Bertz CT molecular complexity index is 954. The van der Waals surface area contributed by atoms with Crippen molar-refractivity contribution < 1.29 is 9.18 Å². The van der Waals surface area contributed by atoms with Gasteiger partial charge in [0.25, 0.3) is 5.91 Å². The van der Waals surface area contributed by atoms with Gasteiger partial charge in [-0.1, -0.05) is 47.4 Å². The molecule has 0 radical (unpaired) electrons. The number of anilines is 1. The second-order valence-corrected chi connectivity index (χ2v) is 9.04. The Morgan fingerprint density at radius 2 is 1.72 bits per heavy atom. The highest BCUT2D eigenvalue weighted by Gasteiger charge is 2.19. The van der Waals surface area contributed by atoms with Crippen LogP contribution in [0.3, 0.4) is 0 Å². The summed E-state index contributed by atoms with van der Waals surface area (Å²) in [7, 11) is 0. The lowest BCUT2D eigenvalue weighted by atomic mass is 10.1. The number of amides is 1. The van der Waals surface area contributed by atoms with E-state index in [4.69, 9.17) is 0 Å². The lowest BCUT2D eigenvalue weighted by Crippen LogP contribution is -2.27. The quantitative estimate of drug-likeness (QED) is 0.547. The highest BCUT2D eigenvalue weighted by Crippen LogP contribution is 2.28. The normalized spacial score (nSPS) is 13.6. The first-order valence-electron chi connectivity index (χ1n) is 9.50. The zero-order valence-electron chi connectivity index (χ0n) is 15.8. The van der Waals surface area contributed by atoms with E-state index in [0.717, 1.165) is 57.8 Å². The Morgan fingerprint density at radius 1 is 1.03 bits per heavy atom. The van der Waals surface area contributed by atoms with Crippen molar-refractivity contribution >= 4 is 34.1 Å². The van der Waals surface area contributed by atoms with Gasteiger partial charge in [0.15, 0.2) is 4.34 Å². The molecule has 1 aliphatic heterocycles. The molecule has 0 unspecified atom stereocenters. The van der Waals surface area contributed by atoms with Crippen LogP contribution in [0.5, 0.6) is 0 Å². The van der Waals surface area contributed by atoms with Crippen LogP contribution < -0.4 is 5.32 Å². The standard InChI is InChI=1S/C21H21FN4OS2/c22-18-9-5-15(6-10-18)13-23-20-24-25-21(29-20)28-14-16-3-7-17(8-4-16)19(27)26-11-1-2-12-26/h3-10H,1-2,11-14H2,(H,23,24). The molecule has 1 N–H and O–H groups in total. The smallest absolute Gasteiger partial charge is 0.253 e. The number of aromatic nitrogens is 2. The minimum Gasteiger partial charge on any atom is -0.356 e. The SMILES string of the molecule is O=C(c1ccc(CSc2nnc(NCc3ccc(F)cc3)s2)cc1)N1CCCC1. The van der Waals surface area contributed by atoms with Gasteiger partial charge in [-0.3, -0.25) is 4.79 Å². The van der Waals surface area contributed by atoms with Crippen LogP contribution in [-0.4, -0.2) is 34.1 Å². The molecular formula is C21H21FN4OS2. The van der Waals surface area contributed by atoms with E-state index >= 15 is 0 Å². The van der Waals surface area contributed by atoms with E-state index in [1.54, 1.807) is 23.9 Å². The molecule has 0 atom stereocenters. The van der Waals surface area contributed by atoms with E-state index in [1.165, 1.54) is 23.5 Å². The first-order valence-corrected chi connectivity index (χ1v) is 11.3. The number of halogens is 1. The van der Waals surface area contributed by atoms with Crippen LogP contribution >= 0.6 is 23.1 Å². The van der Waals surface area contributed by atoms with Gasteiger partial charge in [-0.05, 0) is 48.2 Å². The summed E-state index contributed by atoms with van der Waals surface area (Å²) in [6.45, 7) is 2.31. The number of likely N-dealkylation sites (tertiary alicyclic amines) is 1. The highest BCUT2D eigenvalue weighted by molar-refractivity contribution is 8.00. The van der Waals surface area contributed by atoms with Crippen molar-refractivity contribution in [2.75, 3.05) is 18.4 Å². The van der Waals surface area contributed by atoms with Crippen LogP contribution in [0.25, 0.3) is 0 Å². The van der Waals surface area contributed by atoms with Gasteiger partial charge in [0.1, 0.15) is 5.82 Å². The number of benzene rings is 2. The second kappa shape index (κ2) is 9.37. The van der Waals surface area contributed by atoms with Crippen molar-refractivity contribution in [2.24, 2.45) is 0 Å². The summed E-state index contributed by atoms with van der Waals surface area (Å²) in [5.41, 5.74) is 2.88. The van der Waals surface area contributed by atoms with E-state index in [-0.39, 0.29) is 11.7 Å². The monoisotopic (exact) mass is 428 g/mol. The van der Waals surface area contributed by atoms with Crippen molar-refractivity contribution in [2.45, 2.75) is 29.5 Å². The number of thioether (sulfide) groups is 1. The summed E-state index contributed by atoms with van der Waals surface area (Å²) in [4.78, 5) is 14.3. The Kier molecular flexibility index (Phi) is 6.41. The Morgan fingerprint density at radius 3 is 2.45 bits per heavy atom. The topological polar surface area (TPSA) is 58.1 Å². The predicted octanol–water partition coefficient (Wildman–Crippen LogP) is 4.82. The molecule has 1 saturated heterocycles. The molecule has 2 heterocycles. The van der Waals surface area contributed by atoms with Crippen molar-refractivity contribution in [3.05, 3.63) is 71.0 Å². The van der Waals surface area contributed by atoms with Gasteiger partial charge in [-0.2, -0.15) is 0 Å². The maximum atomic E-state index is 12.9. The van der Waals surface area contributed by atoms with Crippen LogP contribution in [0.2, 0.25) is 0 Å². The molecule has 29 heavy (non-hydrogen) atoms. The molecule has 0 spiro atoms. The fourth-order valence-corrected chi connectivity index (χ4v) is 4.81. The second-order valence-electron chi connectivity index (χ2n) is 6.84. The minimum atomic E-state index is -0.239. The van der Waals surface area contributed by atoms with Gasteiger partial charge in [0, 0.05) is 31.0 Å². The summed E-state index contributed by atoms with van der Waals surface area (Å²) in [5.74, 6) is 0.657. The molecule has 4 rings (SSSR count). The third-order valence-corrected chi connectivity index (χ3v) is 6.81. The molecule has 3 aromatic rings. The molecule has 150 valence electrons. The average molecular weight is 429 g/mol. The van der Waals surface area contributed by atoms with Crippen LogP contribution in [0.4, 0.5) is 9.52 Å². The zero-order valence-corrected chi connectivity index (χ0v) is 17.4. The van der Waals surface area contributed by atoms with Gasteiger partial charge >= 0.3 is 0 Å². The number of carbonyl (C=O) groups is 1. The number of nitrogens with zero attached hydrogens (tertiary/aromatic N) is 3. The number of carbonyl (C=O) groups excluding carboxylic acids is 1. The zero-order chi connectivity index (χ0) is 20.1. The van der Waals surface area contributed by atoms with Gasteiger partial charge in [0.2, 0.25) is 5.13 Å². The molecule has 5 nitrogen and oxygen atoms in total. The molecule has 0 saturated carbocycles. The van der Waals surface area contributed by atoms with Gasteiger partial charge in [0.05, 0.1) is 0 Å². The fourth-order valence-electron chi connectivity index (χ4n) is 3.11. The molecule has 1 amide bonds. The van der Waals surface area contributed by atoms with Gasteiger partial charge in [-0.15, -0.1) is 10.2 Å². The van der Waals surface area contributed by atoms with Crippen LogP contribution in [0.15, 0.2) is 52.9 Å². The summed E-state index contributed by atoms with van der Waals surface area (Å²) in [6, 6.07) is 14.2. The highest BCUT2D eigenvalue weighted by atomic mass is 32.2. The molecular weight excluding hydrogens is 407 g/mol. The number of hydrogen-bond donors (Lipinski definition) is 1. The Balaban J connectivity index is 1.27. The van der Waals surface area contributed by atoms with Gasteiger partial charge in [-0.25, -0.2) is 4.39 Å². The number of hydrogen-bond acceptors (Lipinski definition) is 6. The predicted molar refractivity (Wildman–Crippen MR) is 115 cm³/mol. The number of nitrogens with one attached hydrogen (secondary N) is 1. The fraction of sp³-hybridized carbons (Fsp3) is 0.286. The molecule has 1 aromatic heterocycles. The number of rotatable bonds is 7. The van der Waals surface area contributed by atoms with E-state index in [0.29, 0.717) is 6.54 Å². The molecule has 1 aliphatic rings. The maximum absolute atomic E-state index is 12.9. The van der Waals surface area contributed by atoms with E-state index in [1.807, 2.05) is 29.2 Å². The van der Waals surface area contributed by atoms with Crippen molar-refractivity contribution in [1.29, 1.82) is 0 Å². The van der Waals surface area contributed by atoms with Crippen LogP contribution in [0, 0.1) is 5.82 Å². The van der Waals surface area contributed by atoms with Crippen LogP contribution in [-0.2, 0) is 12.3 Å². The largest absolute Gasteiger partial charge is 0.356 e. The van der Waals surface area contributed by atoms with Gasteiger partial charge < -0.3 is 10.2 Å². The lowest BCUT2D eigenvalue weighted by Gasteiger charge is -2.15. The Labute approximate surface area is 177 Å². The maximum Gasteiger partial charge on any atom is 0.253 e. The third-order valence-electron chi connectivity index (χ3n) is 4.72. The summed E-state index contributed by atoms with van der Waals surface area (Å²) in [5, 5.41) is 12.3. The molecule has 1 fully saturated rings. The van der Waals surface area contributed by atoms with Crippen molar-refractivity contribution in [3.8, 4) is 0 Å². The van der Waals surface area contributed by atoms with Crippen LogP contribution in [0.1, 0.15) is 34.3 Å². The molecule has 8 heteroatoms. The summed E-state index contributed by atoms with van der Waals surface area (Å²) < 4.78 is 13.8. The first kappa shape index (κ1) is 19.8. The van der Waals surface area contributed by atoms with E-state index in [2.05, 4.69) is 15.5 Å². The van der Waals surface area contributed by atoms with Crippen molar-refractivity contribution in [1.82, 2.24) is 15.1 Å². The molecule has 0 bridgehead atoms. The lowest BCUT2D eigenvalue weighted by molar-refractivity contribution is 0.0793. The molecule has 2 aromatic carbocycles.